The van der Waals surface area contributed by atoms with E-state index in [0.717, 1.165) is 0 Å². The minimum absolute atomic E-state index is 0.109. The molecule has 0 unspecified atom stereocenters. The average molecular weight is 165 g/mol. The maximum atomic E-state index is 10.8. The van der Waals surface area contributed by atoms with Crippen molar-refractivity contribution < 1.29 is 9.90 Å². The summed E-state index contributed by atoms with van der Waals surface area (Å²) in [4.78, 5) is 20.9. The van der Waals surface area contributed by atoms with Gasteiger partial charge in [-0.25, -0.2) is 0 Å². The molecule has 0 bridgehead atoms. The van der Waals surface area contributed by atoms with Gasteiger partial charge in [-0.05, 0) is 30.3 Å². The molecule has 4 heteroatoms. The molecule has 0 radical (unpaired) electrons. The number of carbonyl (C=O) groups is 1. The fraction of sp³-hybridized carbons (Fsp3) is 0.125. The van der Waals surface area contributed by atoms with Crippen molar-refractivity contribution in [3.63, 3.8) is 0 Å². The van der Waals surface area contributed by atoms with Gasteiger partial charge in [0.05, 0.1) is 0 Å². The van der Waals surface area contributed by atoms with E-state index < -0.39 is 0 Å². The number of rotatable bonds is 2. The van der Waals surface area contributed by atoms with Crippen LogP contribution in [0.5, 0.6) is 5.75 Å². The Bertz CT molecular complexity index is 333. The first-order valence-corrected chi connectivity index (χ1v) is 3.32. The van der Waals surface area contributed by atoms with E-state index in [2.05, 4.69) is 5.18 Å². The molecule has 1 aromatic carbocycles. The van der Waals surface area contributed by atoms with Crippen molar-refractivity contribution in [2.45, 2.75) is 6.92 Å². The fourth-order valence-electron chi connectivity index (χ4n) is 0.816. The number of hydrogen-bond donors (Lipinski definition) is 1. The third-order valence-corrected chi connectivity index (χ3v) is 1.48. The van der Waals surface area contributed by atoms with E-state index in [1.807, 2.05) is 0 Å². The standard InChI is InChI=1S/C8H7NO3/c1-5(10)6-2-3-8(11)7(4-6)9-12/h2-4,11H,1H3. The maximum Gasteiger partial charge on any atom is 0.159 e. The molecule has 0 aromatic heterocycles. The van der Waals surface area contributed by atoms with Crippen LogP contribution in [0.15, 0.2) is 23.4 Å². The van der Waals surface area contributed by atoms with Gasteiger partial charge in [0.15, 0.2) is 5.78 Å². The van der Waals surface area contributed by atoms with Crippen LogP contribution in [-0.2, 0) is 0 Å². The monoisotopic (exact) mass is 165 g/mol. The zero-order valence-corrected chi connectivity index (χ0v) is 6.44. The number of phenolic OH excluding ortho intramolecular Hbond substituents is 1. The number of Topliss-reactive ketones (excluding diaryl/α,β-unsaturated/α-hetero) is 1. The Morgan fingerprint density at radius 1 is 1.50 bits per heavy atom. The first-order valence-electron chi connectivity index (χ1n) is 3.32. The molecule has 0 heterocycles. The van der Waals surface area contributed by atoms with Gasteiger partial charge in [0.2, 0.25) is 0 Å². The molecule has 0 aliphatic heterocycles. The number of aromatic hydroxyl groups is 1. The van der Waals surface area contributed by atoms with E-state index in [1.165, 1.54) is 25.1 Å². The number of hydrogen-bond acceptors (Lipinski definition) is 4. The summed E-state index contributed by atoms with van der Waals surface area (Å²) in [6.07, 6.45) is 0. The summed E-state index contributed by atoms with van der Waals surface area (Å²) in [6.45, 7) is 1.38. The van der Waals surface area contributed by atoms with Crippen LogP contribution in [0, 0.1) is 4.91 Å². The molecule has 0 saturated carbocycles. The molecule has 0 saturated heterocycles. The van der Waals surface area contributed by atoms with E-state index in [4.69, 9.17) is 5.11 Å². The van der Waals surface area contributed by atoms with Gasteiger partial charge in [0.1, 0.15) is 11.4 Å². The second-order valence-electron chi connectivity index (χ2n) is 2.35. The minimum atomic E-state index is -0.213. The van der Waals surface area contributed by atoms with Gasteiger partial charge in [0, 0.05) is 5.56 Å². The molecule has 12 heavy (non-hydrogen) atoms. The highest BCUT2D eigenvalue weighted by Crippen LogP contribution is 2.26. The molecule has 1 aromatic rings. The highest BCUT2D eigenvalue weighted by Gasteiger charge is 2.05. The third-order valence-electron chi connectivity index (χ3n) is 1.48. The zero-order chi connectivity index (χ0) is 9.14. The number of ketones is 1. The minimum Gasteiger partial charge on any atom is -0.506 e. The molecular formula is C8H7NO3. The number of carbonyl (C=O) groups excluding carboxylic acids is 1. The number of benzene rings is 1. The van der Waals surface area contributed by atoms with Gasteiger partial charge in [-0.1, -0.05) is 0 Å². The largest absolute Gasteiger partial charge is 0.506 e. The molecule has 0 aliphatic carbocycles. The predicted octanol–water partition coefficient (Wildman–Crippen LogP) is 1.99. The average Bonchev–Trinajstić information content (AvgIpc) is 2.05. The van der Waals surface area contributed by atoms with Crippen molar-refractivity contribution in [1.82, 2.24) is 0 Å². The second-order valence-corrected chi connectivity index (χ2v) is 2.35. The molecule has 0 amide bonds. The van der Waals surface area contributed by atoms with Crippen LogP contribution < -0.4 is 0 Å². The summed E-state index contributed by atoms with van der Waals surface area (Å²) >= 11 is 0. The molecule has 0 spiro atoms. The highest BCUT2D eigenvalue weighted by atomic mass is 16.3. The van der Waals surface area contributed by atoms with E-state index in [-0.39, 0.29) is 17.2 Å². The molecule has 1 N–H and O–H groups in total. The summed E-state index contributed by atoms with van der Waals surface area (Å²) < 4.78 is 0. The lowest BCUT2D eigenvalue weighted by Gasteiger charge is -1.97. The van der Waals surface area contributed by atoms with Gasteiger partial charge < -0.3 is 5.11 Å². The fourth-order valence-corrected chi connectivity index (χ4v) is 0.816. The summed E-state index contributed by atoms with van der Waals surface area (Å²) in [7, 11) is 0. The molecule has 0 aliphatic rings. The number of nitroso groups, excluding NO2 is 1. The Balaban J connectivity index is 3.22. The van der Waals surface area contributed by atoms with Crippen LogP contribution in [0.2, 0.25) is 0 Å². The normalized spacial score (nSPS) is 9.42. The van der Waals surface area contributed by atoms with Gasteiger partial charge in [-0.3, -0.25) is 4.79 Å². The van der Waals surface area contributed by atoms with E-state index >= 15 is 0 Å². The topological polar surface area (TPSA) is 66.7 Å². The first-order chi connectivity index (χ1) is 5.65. The molecule has 4 nitrogen and oxygen atoms in total. The van der Waals surface area contributed by atoms with Crippen LogP contribution in [-0.4, -0.2) is 10.9 Å². The Morgan fingerprint density at radius 2 is 2.17 bits per heavy atom. The summed E-state index contributed by atoms with van der Waals surface area (Å²) in [5.74, 6) is -0.380. The lowest BCUT2D eigenvalue weighted by molar-refractivity contribution is 0.101. The predicted molar refractivity (Wildman–Crippen MR) is 43.6 cm³/mol. The zero-order valence-electron chi connectivity index (χ0n) is 6.44. The van der Waals surface area contributed by atoms with Gasteiger partial charge in [-0.15, -0.1) is 4.91 Å². The Labute approximate surface area is 68.8 Å². The summed E-state index contributed by atoms with van der Waals surface area (Å²) in [6, 6.07) is 3.96. The van der Waals surface area contributed by atoms with Crippen molar-refractivity contribution >= 4 is 11.5 Å². The molecule has 62 valence electrons. The third kappa shape index (κ3) is 1.47. The van der Waals surface area contributed by atoms with Crippen molar-refractivity contribution in [2.75, 3.05) is 0 Å². The molecule has 1 rings (SSSR count). The van der Waals surface area contributed by atoms with Crippen molar-refractivity contribution in [2.24, 2.45) is 5.18 Å². The van der Waals surface area contributed by atoms with Crippen LogP contribution in [0.25, 0.3) is 0 Å². The van der Waals surface area contributed by atoms with Crippen LogP contribution in [0.3, 0.4) is 0 Å². The first kappa shape index (κ1) is 8.39. The second kappa shape index (κ2) is 3.13. The van der Waals surface area contributed by atoms with Crippen molar-refractivity contribution in [1.29, 1.82) is 0 Å². The Kier molecular flexibility index (Phi) is 2.19. The van der Waals surface area contributed by atoms with Gasteiger partial charge in [-0.2, -0.15) is 0 Å². The van der Waals surface area contributed by atoms with Crippen molar-refractivity contribution in [3.05, 3.63) is 28.7 Å². The molecular weight excluding hydrogens is 158 g/mol. The highest BCUT2D eigenvalue weighted by molar-refractivity contribution is 5.95. The van der Waals surface area contributed by atoms with Crippen LogP contribution in [0.1, 0.15) is 17.3 Å². The van der Waals surface area contributed by atoms with Crippen LogP contribution >= 0.6 is 0 Å². The van der Waals surface area contributed by atoms with Crippen molar-refractivity contribution in [3.8, 4) is 5.75 Å². The van der Waals surface area contributed by atoms with Gasteiger partial charge in [0.25, 0.3) is 0 Å². The lowest BCUT2D eigenvalue weighted by atomic mass is 10.1. The van der Waals surface area contributed by atoms with Crippen LogP contribution in [0.4, 0.5) is 5.69 Å². The quantitative estimate of drug-likeness (QED) is 0.538. The van der Waals surface area contributed by atoms with Gasteiger partial charge >= 0.3 is 0 Å². The maximum absolute atomic E-state index is 10.8. The Hall–Kier alpha value is -1.71. The summed E-state index contributed by atoms with van der Waals surface area (Å²) in [5.41, 5.74) is 0.255. The Morgan fingerprint density at radius 3 is 2.67 bits per heavy atom. The smallest absolute Gasteiger partial charge is 0.159 e. The lowest BCUT2D eigenvalue weighted by Crippen LogP contribution is -1.89. The number of phenols is 1. The van der Waals surface area contributed by atoms with E-state index in [9.17, 15) is 9.70 Å². The van der Waals surface area contributed by atoms with E-state index in [0.29, 0.717) is 5.56 Å². The number of nitrogens with zero attached hydrogens (tertiary/aromatic N) is 1. The SMILES string of the molecule is CC(=O)c1ccc(O)c(N=O)c1. The molecule has 0 fully saturated rings. The summed E-state index contributed by atoms with van der Waals surface area (Å²) in [5, 5.41) is 11.6. The van der Waals surface area contributed by atoms with E-state index in [1.54, 1.807) is 0 Å². The molecule has 0 atom stereocenters.